The first-order valence-corrected chi connectivity index (χ1v) is 10.9. The lowest BCUT2D eigenvalue weighted by Gasteiger charge is -2.09. The average molecular weight is 433 g/mol. The fourth-order valence-corrected chi connectivity index (χ4v) is 4.12. The molecular formula is C23H24N6OS. The number of aromatic nitrogens is 5. The van der Waals surface area contributed by atoms with E-state index in [2.05, 4.69) is 26.7 Å². The molecule has 0 unspecified atom stereocenters. The van der Waals surface area contributed by atoms with Crippen LogP contribution in [0.15, 0.2) is 59.9 Å². The van der Waals surface area contributed by atoms with Crippen molar-refractivity contribution in [1.82, 2.24) is 24.5 Å². The number of benzene rings is 2. The van der Waals surface area contributed by atoms with Crippen molar-refractivity contribution in [2.24, 2.45) is 14.1 Å². The van der Waals surface area contributed by atoms with Crippen molar-refractivity contribution in [1.29, 1.82) is 0 Å². The third kappa shape index (κ3) is 4.54. The van der Waals surface area contributed by atoms with Gasteiger partial charge in [-0.2, -0.15) is 5.10 Å². The molecule has 0 aliphatic carbocycles. The van der Waals surface area contributed by atoms with Gasteiger partial charge in [-0.1, -0.05) is 59.8 Å². The van der Waals surface area contributed by atoms with Crippen molar-refractivity contribution in [2.45, 2.75) is 19.0 Å². The van der Waals surface area contributed by atoms with Crippen LogP contribution >= 0.6 is 11.8 Å². The first-order valence-electron chi connectivity index (χ1n) is 9.91. The molecule has 7 nitrogen and oxygen atoms in total. The molecule has 0 aliphatic heterocycles. The van der Waals surface area contributed by atoms with Crippen molar-refractivity contribution in [3.05, 3.63) is 65.9 Å². The van der Waals surface area contributed by atoms with Crippen LogP contribution in [-0.4, -0.2) is 36.2 Å². The van der Waals surface area contributed by atoms with E-state index in [0.29, 0.717) is 11.0 Å². The highest BCUT2D eigenvalue weighted by atomic mass is 32.2. The molecule has 31 heavy (non-hydrogen) atoms. The number of nitrogens with zero attached hydrogens (tertiary/aromatic N) is 5. The first-order chi connectivity index (χ1) is 14.9. The van der Waals surface area contributed by atoms with Gasteiger partial charge in [-0.25, -0.2) is 0 Å². The number of amides is 1. The van der Waals surface area contributed by atoms with E-state index in [1.165, 1.54) is 17.3 Å². The number of hydrogen-bond acceptors (Lipinski definition) is 5. The van der Waals surface area contributed by atoms with Crippen molar-refractivity contribution >= 4 is 23.4 Å². The highest BCUT2D eigenvalue weighted by Gasteiger charge is 2.19. The Labute approximate surface area is 185 Å². The van der Waals surface area contributed by atoms with E-state index in [1.54, 1.807) is 4.68 Å². The minimum atomic E-state index is -0.0761. The van der Waals surface area contributed by atoms with Gasteiger partial charge in [0.05, 0.1) is 11.3 Å². The van der Waals surface area contributed by atoms with Crippen LogP contribution in [0.2, 0.25) is 0 Å². The van der Waals surface area contributed by atoms with E-state index in [-0.39, 0.29) is 11.7 Å². The zero-order valence-electron chi connectivity index (χ0n) is 18.0. The van der Waals surface area contributed by atoms with E-state index >= 15 is 0 Å². The fourth-order valence-electron chi connectivity index (χ4n) is 3.41. The third-order valence-electron chi connectivity index (χ3n) is 4.94. The number of rotatable bonds is 6. The number of aryl methyl sites for hydroxylation is 3. The number of thioether (sulfide) groups is 1. The summed E-state index contributed by atoms with van der Waals surface area (Å²) < 4.78 is 3.68. The Hall–Kier alpha value is -3.39. The molecule has 4 aromatic rings. The summed E-state index contributed by atoms with van der Waals surface area (Å²) in [4.78, 5) is 12.5. The van der Waals surface area contributed by atoms with Crippen LogP contribution < -0.4 is 5.32 Å². The van der Waals surface area contributed by atoms with Gasteiger partial charge in [-0.05, 0) is 25.5 Å². The molecule has 2 aromatic heterocycles. The van der Waals surface area contributed by atoms with E-state index < -0.39 is 0 Å². The highest BCUT2D eigenvalue weighted by Crippen LogP contribution is 2.31. The highest BCUT2D eigenvalue weighted by molar-refractivity contribution is 7.99. The molecule has 2 heterocycles. The Kier molecular flexibility index (Phi) is 5.90. The van der Waals surface area contributed by atoms with Crippen LogP contribution in [-0.2, 0) is 18.9 Å². The Morgan fingerprint density at radius 1 is 1.06 bits per heavy atom. The molecule has 0 spiro atoms. The quantitative estimate of drug-likeness (QED) is 0.461. The van der Waals surface area contributed by atoms with Crippen LogP contribution in [0.25, 0.3) is 22.6 Å². The van der Waals surface area contributed by atoms with Gasteiger partial charge in [0.1, 0.15) is 5.69 Å². The van der Waals surface area contributed by atoms with Gasteiger partial charge in [0, 0.05) is 31.5 Å². The topological polar surface area (TPSA) is 77.6 Å². The molecule has 1 amide bonds. The zero-order chi connectivity index (χ0) is 22.0. The predicted molar refractivity (Wildman–Crippen MR) is 124 cm³/mol. The maximum atomic E-state index is 12.5. The van der Waals surface area contributed by atoms with Gasteiger partial charge >= 0.3 is 0 Å². The number of hydrogen-bond donors (Lipinski definition) is 1. The lowest BCUT2D eigenvalue weighted by atomic mass is 10.1. The summed E-state index contributed by atoms with van der Waals surface area (Å²) in [6.45, 7) is 4.02. The normalized spacial score (nSPS) is 11.0. The van der Waals surface area contributed by atoms with Gasteiger partial charge in [-0.3, -0.25) is 9.48 Å². The molecule has 158 valence electrons. The number of carbonyl (C=O) groups is 1. The maximum Gasteiger partial charge on any atom is 0.234 e. The summed E-state index contributed by atoms with van der Waals surface area (Å²) in [5, 5.41) is 16.9. The van der Waals surface area contributed by atoms with E-state index in [4.69, 9.17) is 0 Å². The minimum Gasteiger partial charge on any atom is -0.325 e. The van der Waals surface area contributed by atoms with Crippen LogP contribution in [0, 0.1) is 13.8 Å². The van der Waals surface area contributed by atoms with Crippen molar-refractivity contribution < 1.29 is 4.79 Å². The lowest BCUT2D eigenvalue weighted by Crippen LogP contribution is -2.15. The Morgan fingerprint density at radius 2 is 1.84 bits per heavy atom. The van der Waals surface area contributed by atoms with Gasteiger partial charge in [-0.15, -0.1) is 10.2 Å². The molecule has 0 saturated heterocycles. The molecule has 1 N–H and O–H groups in total. The summed E-state index contributed by atoms with van der Waals surface area (Å²) in [5.41, 5.74) is 5.81. The second-order valence-electron chi connectivity index (χ2n) is 7.45. The second-order valence-corrected chi connectivity index (χ2v) is 8.39. The maximum absolute atomic E-state index is 12.5. The van der Waals surface area contributed by atoms with Crippen LogP contribution in [0.4, 0.5) is 5.69 Å². The molecule has 8 heteroatoms. The van der Waals surface area contributed by atoms with Crippen molar-refractivity contribution in [2.75, 3.05) is 11.1 Å². The molecule has 0 bridgehead atoms. The Morgan fingerprint density at radius 3 is 2.58 bits per heavy atom. The van der Waals surface area contributed by atoms with E-state index in [9.17, 15) is 4.79 Å². The van der Waals surface area contributed by atoms with Gasteiger partial charge < -0.3 is 9.88 Å². The molecule has 0 atom stereocenters. The monoisotopic (exact) mass is 432 g/mol. The smallest absolute Gasteiger partial charge is 0.234 e. The average Bonchev–Trinajstić information content (AvgIpc) is 3.31. The first kappa shape index (κ1) is 20.9. The standard InChI is InChI=1S/C23H24N6OS/c1-15-10-11-19(16(2)12-15)24-20(30)14-31-23-26-25-22(29(23)4)18-13-28(3)27-21(18)17-8-6-5-7-9-17/h5-13H,14H2,1-4H3,(H,24,30). The predicted octanol–water partition coefficient (Wildman–Crippen LogP) is 4.23. The van der Waals surface area contributed by atoms with Crippen molar-refractivity contribution in [3.63, 3.8) is 0 Å². The van der Waals surface area contributed by atoms with Crippen molar-refractivity contribution in [3.8, 4) is 22.6 Å². The molecule has 0 radical (unpaired) electrons. The summed E-state index contributed by atoms with van der Waals surface area (Å²) in [6, 6.07) is 16.0. The summed E-state index contributed by atoms with van der Waals surface area (Å²) in [5.74, 6) is 0.884. The van der Waals surface area contributed by atoms with Crippen LogP contribution in [0.1, 0.15) is 11.1 Å². The largest absolute Gasteiger partial charge is 0.325 e. The molecule has 2 aromatic carbocycles. The molecule has 0 saturated carbocycles. The van der Waals surface area contributed by atoms with Crippen LogP contribution in [0.3, 0.4) is 0 Å². The summed E-state index contributed by atoms with van der Waals surface area (Å²) in [7, 11) is 3.79. The number of carbonyl (C=O) groups excluding carboxylic acids is 1. The van der Waals surface area contributed by atoms with Crippen LogP contribution in [0.5, 0.6) is 0 Å². The zero-order valence-corrected chi connectivity index (χ0v) is 18.8. The van der Waals surface area contributed by atoms with Gasteiger partial charge in [0.25, 0.3) is 0 Å². The summed E-state index contributed by atoms with van der Waals surface area (Å²) >= 11 is 1.36. The number of anilines is 1. The second kappa shape index (κ2) is 8.77. The molecule has 0 aliphatic rings. The van der Waals surface area contributed by atoms with Gasteiger partial charge in [0.15, 0.2) is 11.0 Å². The molecular weight excluding hydrogens is 408 g/mol. The minimum absolute atomic E-state index is 0.0761. The molecule has 4 rings (SSSR count). The molecule has 0 fully saturated rings. The third-order valence-corrected chi connectivity index (χ3v) is 5.96. The Balaban J connectivity index is 1.50. The number of nitrogens with one attached hydrogen (secondary N) is 1. The van der Waals surface area contributed by atoms with E-state index in [0.717, 1.165) is 28.1 Å². The fraction of sp³-hybridized carbons (Fsp3) is 0.217. The summed E-state index contributed by atoms with van der Waals surface area (Å²) in [6.07, 6.45) is 1.94. The van der Waals surface area contributed by atoms with Gasteiger partial charge in [0.2, 0.25) is 5.91 Å². The Bertz CT molecular complexity index is 1230. The van der Waals surface area contributed by atoms with E-state index in [1.807, 2.05) is 81.2 Å². The lowest BCUT2D eigenvalue weighted by molar-refractivity contribution is -0.113. The SMILES string of the molecule is Cc1ccc(NC(=O)CSc2nnc(-c3cn(C)nc3-c3ccccc3)n2C)c(C)c1.